The van der Waals surface area contributed by atoms with E-state index < -0.39 is 12.0 Å². The lowest BCUT2D eigenvalue weighted by molar-refractivity contribution is -0.124. The summed E-state index contributed by atoms with van der Waals surface area (Å²) in [6.07, 6.45) is 0.747. The summed E-state index contributed by atoms with van der Waals surface area (Å²) in [6, 6.07) is 12.9. The molecule has 0 fully saturated rings. The maximum atomic E-state index is 12.6. The standard InChI is InChI=1S/C24H25N5O2/c1-13-7-5-6-8-18(13)21(30)24(31)28-16-9-10-17(14(2)11-16)19-12-29(4)23-20(19)22(25)26-15(3)27-23/h5-12,21,30H,1-4H3,(H,28,31)(H2,25,26,27). The van der Waals surface area contributed by atoms with Gasteiger partial charge in [0.2, 0.25) is 0 Å². The van der Waals surface area contributed by atoms with E-state index in [1.165, 1.54) is 0 Å². The Morgan fingerprint density at radius 2 is 1.81 bits per heavy atom. The number of aromatic nitrogens is 3. The van der Waals surface area contributed by atoms with Gasteiger partial charge in [-0.3, -0.25) is 4.79 Å². The van der Waals surface area contributed by atoms with Gasteiger partial charge in [0.05, 0.1) is 5.39 Å². The highest BCUT2D eigenvalue weighted by atomic mass is 16.3. The third-order valence-corrected chi connectivity index (χ3v) is 5.47. The summed E-state index contributed by atoms with van der Waals surface area (Å²) < 4.78 is 1.93. The maximum absolute atomic E-state index is 12.6. The monoisotopic (exact) mass is 415 g/mol. The molecule has 0 saturated heterocycles. The second-order valence-corrected chi connectivity index (χ2v) is 7.79. The zero-order valence-electron chi connectivity index (χ0n) is 18.0. The molecule has 0 bridgehead atoms. The molecule has 158 valence electrons. The fourth-order valence-corrected chi connectivity index (χ4v) is 3.91. The van der Waals surface area contributed by atoms with Gasteiger partial charge in [-0.05, 0) is 55.2 Å². The van der Waals surface area contributed by atoms with E-state index in [9.17, 15) is 9.90 Å². The van der Waals surface area contributed by atoms with Gasteiger partial charge in [-0.2, -0.15) is 0 Å². The molecule has 7 nitrogen and oxygen atoms in total. The molecule has 4 aromatic rings. The van der Waals surface area contributed by atoms with E-state index in [1.54, 1.807) is 12.1 Å². The number of rotatable bonds is 4. The first kappa shape index (κ1) is 20.6. The molecule has 31 heavy (non-hydrogen) atoms. The van der Waals surface area contributed by atoms with E-state index >= 15 is 0 Å². The van der Waals surface area contributed by atoms with E-state index in [0.29, 0.717) is 22.9 Å². The fraction of sp³-hybridized carbons (Fsp3) is 0.208. The Balaban J connectivity index is 1.65. The van der Waals surface area contributed by atoms with E-state index in [-0.39, 0.29) is 0 Å². The van der Waals surface area contributed by atoms with E-state index in [1.807, 2.05) is 68.9 Å². The minimum atomic E-state index is -1.24. The van der Waals surface area contributed by atoms with Crippen molar-refractivity contribution in [3.63, 3.8) is 0 Å². The number of nitrogens with zero attached hydrogens (tertiary/aromatic N) is 3. The van der Waals surface area contributed by atoms with Gasteiger partial charge < -0.3 is 20.7 Å². The molecular weight excluding hydrogens is 390 g/mol. The Labute approximate surface area is 180 Å². The number of carbonyl (C=O) groups excluding carboxylic acids is 1. The number of benzene rings is 2. The van der Waals surface area contributed by atoms with Gasteiger partial charge in [-0.1, -0.05) is 30.3 Å². The number of amides is 1. The van der Waals surface area contributed by atoms with Gasteiger partial charge in [-0.25, -0.2) is 9.97 Å². The Kier molecular flexibility index (Phi) is 5.20. The van der Waals surface area contributed by atoms with Gasteiger partial charge in [0, 0.05) is 24.5 Å². The molecule has 0 aliphatic heterocycles. The molecule has 0 spiro atoms. The van der Waals surface area contributed by atoms with Crippen LogP contribution in [-0.2, 0) is 11.8 Å². The SMILES string of the molecule is Cc1nc(N)c2c(-c3ccc(NC(=O)C(O)c4ccccc4C)cc3C)cn(C)c2n1. The first-order chi connectivity index (χ1) is 14.8. The molecule has 4 rings (SSSR count). The van der Waals surface area contributed by atoms with Crippen LogP contribution in [0.3, 0.4) is 0 Å². The van der Waals surface area contributed by atoms with E-state index in [0.717, 1.165) is 33.3 Å². The summed E-state index contributed by atoms with van der Waals surface area (Å²) in [7, 11) is 1.93. The van der Waals surface area contributed by atoms with Crippen molar-refractivity contribution in [2.24, 2.45) is 7.05 Å². The normalized spacial score (nSPS) is 12.2. The number of fused-ring (bicyclic) bond motifs is 1. The third kappa shape index (κ3) is 3.75. The Hall–Kier alpha value is -3.71. The van der Waals surface area contributed by atoms with Gasteiger partial charge in [0.15, 0.2) is 6.10 Å². The second kappa shape index (κ2) is 7.85. The van der Waals surface area contributed by atoms with Gasteiger partial charge in [0.25, 0.3) is 5.91 Å². The van der Waals surface area contributed by atoms with Crippen LogP contribution in [-0.4, -0.2) is 25.5 Å². The average Bonchev–Trinajstić information content (AvgIpc) is 3.04. The highest BCUT2D eigenvalue weighted by Gasteiger charge is 2.20. The van der Waals surface area contributed by atoms with Crippen LogP contribution in [0, 0.1) is 20.8 Å². The largest absolute Gasteiger partial charge is 0.383 e. The van der Waals surface area contributed by atoms with Crippen LogP contribution in [0.25, 0.3) is 22.2 Å². The number of aliphatic hydroxyl groups excluding tert-OH is 1. The summed E-state index contributed by atoms with van der Waals surface area (Å²) in [5, 5.41) is 14.1. The smallest absolute Gasteiger partial charge is 0.257 e. The molecule has 0 aliphatic rings. The summed E-state index contributed by atoms with van der Waals surface area (Å²) in [6.45, 7) is 5.65. The lowest BCUT2D eigenvalue weighted by Crippen LogP contribution is -2.21. The van der Waals surface area contributed by atoms with Crippen molar-refractivity contribution >= 4 is 28.4 Å². The zero-order valence-corrected chi connectivity index (χ0v) is 18.0. The highest BCUT2D eigenvalue weighted by Crippen LogP contribution is 2.35. The molecule has 2 aromatic carbocycles. The molecule has 2 heterocycles. The zero-order chi connectivity index (χ0) is 22.3. The Morgan fingerprint density at radius 3 is 2.52 bits per heavy atom. The minimum absolute atomic E-state index is 0.441. The van der Waals surface area contributed by atoms with Crippen molar-refractivity contribution in [1.29, 1.82) is 0 Å². The average molecular weight is 415 g/mol. The molecule has 0 aliphatic carbocycles. The van der Waals surface area contributed by atoms with Gasteiger partial charge in [0.1, 0.15) is 17.3 Å². The van der Waals surface area contributed by atoms with Crippen LogP contribution in [0.5, 0.6) is 0 Å². The van der Waals surface area contributed by atoms with Crippen molar-refractivity contribution in [2.45, 2.75) is 26.9 Å². The van der Waals surface area contributed by atoms with Crippen LogP contribution < -0.4 is 11.1 Å². The van der Waals surface area contributed by atoms with Gasteiger partial charge >= 0.3 is 0 Å². The number of hydrogen-bond acceptors (Lipinski definition) is 5. The predicted octanol–water partition coefficient (Wildman–Crippen LogP) is 3.81. The molecule has 0 radical (unpaired) electrons. The van der Waals surface area contributed by atoms with Crippen LogP contribution in [0.4, 0.5) is 11.5 Å². The van der Waals surface area contributed by atoms with Crippen LogP contribution in [0.15, 0.2) is 48.7 Å². The Bertz CT molecular complexity index is 1310. The molecule has 2 aromatic heterocycles. The lowest BCUT2D eigenvalue weighted by Gasteiger charge is -2.15. The summed E-state index contributed by atoms with van der Waals surface area (Å²) >= 11 is 0. The fourth-order valence-electron chi connectivity index (χ4n) is 3.91. The molecule has 1 unspecified atom stereocenters. The molecule has 7 heteroatoms. The maximum Gasteiger partial charge on any atom is 0.257 e. The Morgan fingerprint density at radius 1 is 1.06 bits per heavy atom. The van der Waals surface area contributed by atoms with Crippen molar-refractivity contribution in [3.8, 4) is 11.1 Å². The second-order valence-electron chi connectivity index (χ2n) is 7.79. The third-order valence-electron chi connectivity index (χ3n) is 5.47. The van der Waals surface area contributed by atoms with Gasteiger partial charge in [-0.15, -0.1) is 0 Å². The molecule has 1 atom stereocenters. The van der Waals surface area contributed by atoms with Crippen molar-refractivity contribution in [1.82, 2.24) is 14.5 Å². The minimum Gasteiger partial charge on any atom is -0.383 e. The quantitative estimate of drug-likeness (QED) is 0.470. The highest BCUT2D eigenvalue weighted by molar-refractivity contribution is 6.02. The number of hydrogen-bond donors (Lipinski definition) is 3. The van der Waals surface area contributed by atoms with Crippen LogP contribution in [0.2, 0.25) is 0 Å². The number of anilines is 2. The number of carbonyl (C=O) groups is 1. The summed E-state index contributed by atoms with van der Waals surface area (Å²) in [5.74, 6) is 0.593. The van der Waals surface area contributed by atoms with E-state index in [4.69, 9.17) is 5.73 Å². The first-order valence-electron chi connectivity index (χ1n) is 10.0. The topological polar surface area (TPSA) is 106 Å². The van der Waals surface area contributed by atoms with Crippen molar-refractivity contribution < 1.29 is 9.90 Å². The molecule has 1 amide bonds. The van der Waals surface area contributed by atoms with Crippen molar-refractivity contribution in [3.05, 3.63) is 71.2 Å². The van der Waals surface area contributed by atoms with Crippen LogP contribution >= 0.6 is 0 Å². The number of nitrogen functional groups attached to an aromatic ring is 1. The predicted molar refractivity (Wildman–Crippen MR) is 123 cm³/mol. The van der Waals surface area contributed by atoms with Crippen LogP contribution in [0.1, 0.15) is 28.6 Å². The van der Waals surface area contributed by atoms with E-state index in [2.05, 4.69) is 15.3 Å². The molecule has 0 saturated carbocycles. The number of aliphatic hydroxyl groups is 1. The number of nitrogens with one attached hydrogen (secondary N) is 1. The first-order valence-corrected chi connectivity index (χ1v) is 10.0. The number of aryl methyl sites for hydroxylation is 4. The molecular formula is C24H25N5O2. The lowest BCUT2D eigenvalue weighted by atomic mass is 9.99. The summed E-state index contributed by atoms with van der Waals surface area (Å²) in [5.41, 5.74) is 11.9. The van der Waals surface area contributed by atoms with Crippen molar-refractivity contribution in [2.75, 3.05) is 11.1 Å². The summed E-state index contributed by atoms with van der Waals surface area (Å²) in [4.78, 5) is 21.4. The molecule has 4 N–H and O–H groups in total. The number of nitrogens with two attached hydrogens (primary N) is 1.